The van der Waals surface area contributed by atoms with Crippen LogP contribution in [0.15, 0.2) is 46.8 Å². The molecular formula is C21H22N2O5. The Morgan fingerprint density at radius 1 is 1.25 bits per heavy atom. The Kier molecular flexibility index (Phi) is 4.66. The van der Waals surface area contributed by atoms with Crippen LogP contribution < -0.4 is 5.32 Å². The van der Waals surface area contributed by atoms with Crippen LogP contribution in [0.4, 0.5) is 0 Å². The second-order valence-electron chi connectivity index (χ2n) is 7.05. The molecule has 2 heterocycles. The van der Waals surface area contributed by atoms with Crippen LogP contribution in [-0.2, 0) is 19.1 Å². The number of nitrogens with zero attached hydrogens (tertiary/aromatic N) is 1. The van der Waals surface area contributed by atoms with Gasteiger partial charge in [0.25, 0.3) is 5.91 Å². The minimum Gasteiger partial charge on any atom is -0.508 e. The predicted molar refractivity (Wildman–Crippen MR) is 100 cm³/mol. The molecule has 0 unspecified atom stereocenters. The molecule has 146 valence electrons. The number of nitrogens with one attached hydrogen (secondary N) is 1. The van der Waals surface area contributed by atoms with Gasteiger partial charge in [-0.05, 0) is 37.5 Å². The van der Waals surface area contributed by atoms with Gasteiger partial charge in [0, 0.05) is 36.7 Å². The van der Waals surface area contributed by atoms with Crippen LogP contribution in [0.1, 0.15) is 37.7 Å². The highest BCUT2D eigenvalue weighted by Crippen LogP contribution is 2.46. The highest BCUT2D eigenvalue weighted by Gasteiger charge is 2.45. The molecule has 1 atom stereocenters. The van der Waals surface area contributed by atoms with Crippen molar-refractivity contribution in [2.75, 3.05) is 19.7 Å². The Morgan fingerprint density at radius 3 is 2.71 bits per heavy atom. The zero-order valence-corrected chi connectivity index (χ0v) is 15.7. The van der Waals surface area contributed by atoms with Crippen molar-refractivity contribution in [2.24, 2.45) is 0 Å². The van der Waals surface area contributed by atoms with E-state index in [-0.39, 0.29) is 35.3 Å². The van der Waals surface area contributed by atoms with E-state index in [9.17, 15) is 19.5 Å². The van der Waals surface area contributed by atoms with Crippen molar-refractivity contribution in [2.45, 2.75) is 32.1 Å². The van der Waals surface area contributed by atoms with Gasteiger partial charge in [0.05, 0.1) is 12.2 Å². The van der Waals surface area contributed by atoms with Gasteiger partial charge in [-0.25, -0.2) is 4.79 Å². The number of fused-ring (bicyclic) bond motifs is 2. The van der Waals surface area contributed by atoms with Gasteiger partial charge < -0.3 is 20.1 Å². The normalized spacial score (nSPS) is 21.9. The molecule has 0 spiro atoms. The summed E-state index contributed by atoms with van der Waals surface area (Å²) in [5.41, 5.74) is 2.54. The minimum absolute atomic E-state index is 0.00819. The summed E-state index contributed by atoms with van der Waals surface area (Å²) in [6, 6.07) is 6.40. The molecule has 2 aliphatic heterocycles. The first-order chi connectivity index (χ1) is 13.5. The van der Waals surface area contributed by atoms with E-state index in [1.807, 2.05) is 4.90 Å². The Morgan fingerprint density at radius 2 is 2.00 bits per heavy atom. The molecule has 1 fully saturated rings. The van der Waals surface area contributed by atoms with E-state index >= 15 is 0 Å². The summed E-state index contributed by atoms with van der Waals surface area (Å²) in [7, 11) is 0. The number of benzene rings is 1. The SMILES string of the molecule is CCOC(=O)C1=C2C(=O)NCCN2C2=C(C(=O)CCC2)[C@H]1c1ccc(O)cc1. The number of phenolic OH excluding ortho intramolecular Hbond substituents is 1. The number of aromatic hydroxyl groups is 1. The molecule has 7 heteroatoms. The van der Waals surface area contributed by atoms with E-state index in [1.54, 1.807) is 19.1 Å². The van der Waals surface area contributed by atoms with Crippen LogP contribution in [0.2, 0.25) is 0 Å². The number of phenols is 1. The lowest BCUT2D eigenvalue weighted by atomic mass is 9.74. The number of allylic oxidation sites excluding steroid dienone is 2. The van der Waals surface area contributed by atoms with Crippen molar-refractivity contribution in [1.82, 2.24) is 10.2 Å². The van der Waals surface area contributed by atoms with Crippen LogP contribution in [0.5, 0.6) is 5.75 Å². The molecule has 3 aliphatic rings. The van der Waals surface area contributed by atoms with Gasteiger partial charge in [0.15, 0.2) is 5.78 Å². The zero-order chi connectivity index (χ0) is 19.8. The molecular weight excluding hydrogens is 360 g/mol. The Balaban J connectivity index is 1.98. The second kappa shape index (κ2) is 7.14. The van der Waals surface area contributed by atoms with Gasteiger partial charge in [0.1, 0.15) is 11.4 Å². The standard InChI is InChI=1S/C21H22N2O5/c1-2-28-21(27)18-16(12-6-8-13(24)9-7-12)17-14(4-3-5-15(17)25)23-11-10-22-20(26)19(18)23/h6-9,16,24H,2-5,10-11H2,1H3,(H,22,26)/t16-/m1/s1. The van der Waals surface area contributed by atoms with Crippen molar-refractivity contribution >= 4 is 17.7 Å². The number of Topliss-reactive ketones (excluding diaryl/α,β-unsaturated/α-hetero) is 1. The van der Waals surface area contributed by atoms with Gasteiger partial charge in [-0.1, -0.05) is 12.1 Å². The van der Waals surface area contributed by atoms with Gasteiger partial charge in [-0.2, -0.15) is 0 Å². The number of hydrogen-bond donors (Lipinski definition) is 2. The second-order valence-corrected chi connectivity index (χ2v) is 7.05. The summed E-state index contributed by atoms with van der Waals surface area (Å²) in [5.74, 6) is -1.53. The largest absolute Gasteiger partial charge is 0.508 e. The molecule has 1 amide bonds. The van der Waals surface area contributed by atoms with E-state index in [1.165, 1.54) is 12.1 Å². The van der Waals surface area contributed by atoms with Crippen molar-refractivity contribution in [1.29, 1.82) is 0 Å². The molecule has 1 aromatic carbocycles. The Labute approximate surface area is 162 Å². The van der Waals surface area contributed by atoms with Crippen LogP contribution in [0, 0.1) is 0 Å². The fourth-order valence-corrected chi connectivity index (χ4v) is 4.30. The first-order valence-corrected chi connectivity index (χ1v) is 9.55. The van der Waals surface area contributed by atoms with Crippen LogP contribution >= 0.6 is 0 Å². The molecule has 0 aromatic heterocycles. The van der Waals surface area contributed by atoms with E-state index in [0.717, 1.165) is 12.1 Å². The molecule has 1 aliphatic carbocycles. The van der Waals surface area contributed by atoms with Crippen molar-refractivity contribution < 1.29 is 24.2 Å². The van der Waals surface area contributed by atoms with E-state index in [4.69, 9.17) is 4.74 Å². The fourth-order valence-electron chi connectivity index (χ4n) is 4.30. The smallest absolute Gasteiger partial charge is 0.337 e. The van der Waals surface area contributed by atoms with E-state index in [0.29, 0.717) is 37.1 Å². The van der Waals surface area contributed by atoms with Gasteiger partial charge in [-0.15, -0.1) is 0 Å². The predicted octanol–water partition coefficient (Wildman–Crippen LogP) is 1.75. The topological polar surface area (TPSA) is 95.9 Å². The maximum absolute atomic E-state index is 13.0. The number of amides is 1. The summed E-state index contributed by atoms with van der Waals surface area (Å²) in [6.07, 6.45) is 1.82. The molecule has 2 N–H and O–H groups in total. The minimum atomic E-state index is -0.683. The number of ketones is 1. The quantitative estimate of drug-likeness (QED) is 0.774. The molecule has 0 radical (unpaired) electrons. The fraction of sp³-hybridized carbons (Fsp3) is 0.381. The Hall–Kier alpha value is -3.09. The average molecular weight is 382 g/mol. The molecule has 0 saturated carbocycles. The highest BCUT2D eigenvalue weighted by molar-refractivity contribution is 6.09. The summed E-state index contributed by atoms with van der Waals surface area (Å²) >= 11 is 0. The van der Waals surface area contributed by atoms with Crippen molar-refractivity contribution in [3.05, 3.63) is 52.4 Å². The van der Waals surface area contributed by atoms with Crippen LogP contribution in [-0.4, -0.2) is 47.4 Å². The third-order valence-electron chi connectivity index (χ3n) is 5.41. The average Bonchev–Trinajstić information content (AvgIpc) is 2.68. The monoisotopic (exact) mass is 382 g/mol. The number of esters is 1. The third-order valence-corrected chi connectivity index (χ3v) is 5.41. The lowest BCUT2D eigenvalue weighted by Crippen LogP contribution is -2.50. The highest BCUT2D eigenvalue weighted by atomic mass is 16.5. The lowest BCUT2D eigenvalue weighted by Gasteiger charge is -2.43. The molecule has 28 heavy (non-hydrogen) atoms. The number of carbonyl (C=O) groups is 3. The number of hydrogen-bond acceptors (Lipinski definition) is 6. The zero-order valence-electron chi connectivity index (χ0n) is 15.7. The number of rotatable bonds is 3. The van der Waals surface area contributed by atoms with E-state index in [2.05, 4.69) is 5.32 Å². The lowest BCUT2D eigenvalue weighted by molar-refractivity contribution is -0.139. The summed E-state index contributed by atoms with van der Waals surface area (Å²) in [6.45, 7) is 2.84. The van der Waals surface area contributed by atoms with Crippen molar-refractivity contribution in [3.63, 3.8) is 0 Å². The third kappa shape index (κ3) is 2.87. The number of ether oxygens (including phenoxy) is 1. The maximum atomic E-state index is 13.0. The molecule has 4 rings (SSSR count). The first-order valence-electron chi connectivity index (χ1n) is 9.55. The summed E-state index contributed by atoms with van der Waals surface area (Å²) < 4.78 is 5.28. The Bertz CT molecular complexity index is 913. The molecule has 7 nitrogen and oxygen atoms in total. The van der Waals surface area contributed by atoms with Crippen molar-refractivity contribution in [3.8, 4) is 5.75 Å². The van der Waals surface area contributed by atoms with Gasteiger partial charge in [-0.3, -0.25) is 9.59 Å². The molecule has 1 saturated heterocycles. The van der Waals surface area contributed by atoms with Crippen LogP contribution in [0.3, 0.4) is 0 Å². The van der Waals surface area contributed by atoms with E-state index < -0.39 is 11.9 Å². The van der Waals surface area contributed by atoms with Gasteiger partial charge in [0.2, 0.25) is 0 Å². The van der Waals surface area contributed by atoms with Gasteiger partial charge >= 0.3 is 5.97 Å². The summed E-state index contributed by atoms with van der Waals surface area (Å²) in [4.78, 5) is 40.5. The molecule has 1 aromatic rings. The number of piperazine rings is 1. The maximum Gasteiger partial charge on any atom is 0.337 e. The van der Waals surface area contributed by atoms with Crippen LogP contribution in [0.25, 0.3) is 0 Å². The first kappa shape index (κ1) is 18.3. The summed E-state index contributed by atoms with van der Waals surface area (Å²) in [5, 5.41) is 12.5. The molecule has 0 bridgehead atoms. The number of carbonyl (C=O) groups excluding carboxylic acids is 3.